The van der Waals surface area contributed by atoms with E-state index in [2.05, 4.69) is 27.9 Å². The minimum absolute atomic E-state index is 0.0443. The maximum Gasteiger partial charge on any atom is 0.412 e. The van der Waals surface area contributed by atoms with Crippen LogP contribution in [0.4, 0.5) is 10.6 Å². The molecular weight excluding hydrogens is 436 g/mol. The summed E-state index contributed by atoms with van der Waals surface area (Å²) in [4.78, 5) is 35.6. The molecule has 3 aromatic rings. The fraction of sp³-hybridized carbons (Fsp3) is 0.200. The van der Waals surface area contributed by atoms with E-state index in [0.717, 1.165) is 22.3 Å². The van der Waals surface area contributed by atoms with E-state index < -0.39 is 18.0 Å². The second kappa shape index (κ2) is 9.62. The van der Waals surface area contributed by atoms with Gasteiger partial charge in [-0.15, -0.1) is 0 Å². The van der Waals surface area contributed by atoms with E-state index >= 15 is 0 Å². The molecule has 0 spiro atoms. The van der Waals surface area contributed by atoms with Gasteiger partial charge in [-0.25, -0.2) is 9.59 Å². The molecule has 1 aliphatic rings. The van der Waals surface area contributed by atoms with Gasteiger partial charge >= 0.3 is 12.1 Å². The molecule has 0 saturated heterocycles. The van der Waals surface area contributed by atoms with Gasteiger partial charge in [0.15, 0.2) is 5.69 Å². The number of fused-ring (bicyclic) bond motifs is 3. The highest BCUT2D eigenvalue weighted by Gasteiger charge is 2.29. The number of carbonyl (C=O) groups excluding carboxylic acids is 2. The van der Waals surface area contributed by atoms with Crippen molar-refractivity contribution >= 4 is 23.8 Å². The number of amides is 2. The first-order valence-electron chi connectivity index (χ1n) is 10.7. The molecule has 0 unspecified atom stereocenters. The Morgan fingerprint density at radius 1 is 1.09 bits per heavy atom. The molecule has 0 saturated carbocycles. The Kier molecular flexibility index (Phi) is 6.44. The van der Waals surface area contributed by atoms with Crippen LogP contribution in [0, 0.1) is 0 Å². The molecule has 3 N–H and O–H groups in total. The molecule has 2 amide bonds. The lowest BCUT2D eigenvalue weighted by Gasteiger charge is -2.14. The Hall–Kier alpha value is -4.40. The number of aryl methyl sites for hydroxylation is 1. The molecule has 9 heteroatoms. The van der Waals surface area contributed by atoms with Gasteiger partial charge in [-0.05, 0) is 29.2 Å². The smallest absolute Gasteiger partial charge is 0.412 e. The third kappa shape index (κ3) is 4.68. The van der Waals surface area contributed by atoms with Crippen molar-refractivity contribution in [3.05, 3.63) is 83.1 Å². The van der Waals surface area contributed by atoms with Gasteiger partial charge in [-0.1, -0.05) is 54.6 Å². The van der Waals surface area contributed by atoms with Crippen molar-refractivity contribution in [3.63, 3.8) is 0 Å². The number of ether oxygens (including phenoxy) is 1. The Balaban J connectivity index is 1.37. The second-order valence-corrected chi connectivity index (χ2v) is 7.89. The summed E-state index contributed by atoms with van der Waals surface area (Å²) < 4.78 is 6.88. The van der Waals surface area contributed by atoms with E-state index in [0.29, 0.717) is 5.82 Å². The zero-order valence-corrected chi connectivity index (χ0v) is 18.7. The molecule has 2 aromatic carbocycles. The average Bonchev–Trinajstić information content (AvgIpc) is 3.35. The summed E-state index contributed by atoms with van der Waals surface area (Å²) in [5.41, 5.74) is 4.72. The number of anilines is 1. The standard InChI is InChI=1S/C25H24N4O5/c1-15(24(31)32)11-12-26-23(30)21-13-22(29(2)28-21)27-25(33)34-14-20-18-9-5-3-7-16(18)17-8-4-6-10-19(17)20/h3-11,13,20H,12,14H2,1-2H3,(H,26,30)(H,27,33)(H,31,32)/b15-11+. The second-order valence-electron chi connectivity index (χ2n) is 7.89. The highest BCUT2D eigenvalue weighted by Crippen LogP contribution is 2.44. The molecule has 1 heterocycles. The van der Waals surface area contributed by atoms with Crippen LogP contribution in [0.1, 0.15) is 34.5 Å². The van der Waals surface area contributed by atoms with Crippen molar-refractivity contribution in [3.8, 4) is 11.1 Å². The summed E-state index contributed by atoms with van der Waals surface area (Å²) in [6.45, 7) is 1.65. The molecule has 1 aliphatic carbocycles. The predicted molar refractivity (Wildman–Crippen MR) is 126 cm³/mol. The number of carbonyl (C=O) groups is 3. The SMILES string of the molecule is C/C(=C\CNC(=O)c1cc(NC(=O)OCC2c3ccccc3-c3ccccc32)n(C)n1)C(=O)O. The van der Waals surface area contributed by atoms with Gasteiger partial charge in [-0.3, -0.25) is 14.8 Å². The van der Waals surface area contributed by atoms with Crippen molar-refractivity contribution in [2.75, 3.05) is 18.5 Å². The third-order valence-electron chi connectivity index (χ3n) is 5.69. The van der Waals surface area contributed by atoms with Crippen LogP contribution in [0.5, 0.6) is 0 Å². The molecule has 34 heavy (non-hydrogen) atoms. The number of nitrogens with one attached hydrogen (secondary N) is 2. The van der Waals surface area contributed by atoms with Crippen molar-refractivity contribution in [2.45, 2.75) is 12.8 Å². The molecule has 4 rings (SSSR count). The van der Waals surface area contributed by atoms with Crippen LogP contribution in [-0.4, -0.2) is 46.0 Å². The van der Waals surface area contributed by atoms with Crippen LogP contribution < -0.4 is 10.6 Å². The average molecular weight is 460 g/mol. The van der Waals surface area contributed by atoms with Gasteiger partial charge in [0.05, 0.1) is 0 Å². The summed E-state index contributed by atoms with van der Waals surface area (Å²) in [5, 5.41) is 18.1. The van der Waals surface area contributed by atoms with Crippen molar-refractivity contribution < 1.29 is 24.2 Å². The third-order valence-corrected chi connectivity index (χ3v) is 5.69. The maximum atomic E-state index is 12.5. The zero-order valence-electron chi connectivity index (χ0n) is 18.7. The summed E-state index contributed by atoms with van der Waals surface area (Å²) in [5.74, 6) is -1.32. The molecule has 174 valence electrons. The summed E-state index contributed by atoms with van der Waals surface area (Å²) in [6, 6.07) is 17.6. The van der Waals surface area contributed by atoms with Crippen LogP contribution in [0.2, 0.25) is 0 Å². The maximum absolute atomic E-state index is 12.5. The van der Waals surface area contributed by atoms with Crippen molar-refractivity contribution in [1.29, 1.82) is 0 Å². The Morgan fingerprint density at radius 3 is 2.32 bits per heavy atom. The number of aromatic nitrogens is 2. The normalized spacial score (nSPS) is 12.6. The lowest BCUT2D eigenvalue weighted by molar-refractivity contribution is -0.132. The van der Waals surface area contributed by atoms with E-state index in [1.165, 1.54) is 23.7 Å². The van der Waals surface area contributed by atoms with Crippen molar-refractivity contribution in [2.24, 2.45) is 7.05 Å². The van der Waals surface area contributed by atoms with Crippen LogP contribution >= 0.6 is 0 Å². The number of nitrogens with zero attached hydrogens (tertiary/aromatic N) is 2. The number of hydrogen-bond acceptors (Lipinski definition) is 5. The van der Waals surface area contributed by atoms with Gasteiger partial charge in [0.1, 0.15) is 12.4 Å². The number of aliphatic carboxylic acids is 1. The zero-order chi connectivity index (χ0) is 24.2. The Bertz CT molecular complexity index is 1250. The van der Waals surface area contributed by atoms with E-state index in [4.69, 9.17) is 9.84 Å². The van der Waals surface area contributed by atoms with Gasteiger partial charge in [0, 0.05) is 31.1 Å². The lowest BCUT2D eigenvalue weighted by Crippen LogP contribution is -2.24. The molecule has 0 fully saturated rings. The highest BCUT2D eigenvalue weighted by atomic mass is 16.5. The number of rotatable bonds is 7. The van der Waals surface area contributed by atoms with Crippen LogP contribution in [0.25, 0.3) is 11.1 Å². The molecule has 9 nitrogen and oxygen atoms in total. The first-order chi connectivity index (χ1) is 16.3. The minimum Gasteiger partial charge on any atom is -0.478 e. The van der Waals surface area contributed by atoms with Gasteiger partial charge in [-0.2, -0.15) is 5.10 Å². The van der Waals surface area contributed by atoms with Gasteiger partial charge in [0.2, 0.25) is 0 Å². The number of hydrogen-bond donors (Lipinski definition) is 3. The molecule has 0 atom stereocenters. The molecular formula is C25H24N4O5. The number of carboxylic acid groups (broad SMARTS) is 1. The molecule has 0 aliphatic heterocycles. The lowest BCUT2D eigenvalue weighted by atomic mass is 9.98. The Labute approximate surface area is 196 Å². The largest absolute Gasteiger partial charge is 0.478 e. The van der Waals surface area contributed by atoms with Crippen LogP contribution in [0.3, 0.4) is 0 Å². The minimum atomic E-state index is -1.05. The predicted octanol–water partition coefficient (Wildman–Crippen LogP) is 3.54. The monoisotopic (exact) mass is 460 g/mol. The van der Waals surface area contributed by atoms with Crippen LogP contribution in [0.15, 0.2) is 66.2 Å². The summed E-state index contributed by atoms with van der Waals surface area (Å²) in [6.07, 6.45) is 0.732. The van der Waals surface area contributed by atoms with Gasteiger partial charge in [0.25, 0.3) is 5.91 Å². The van der Waals surface area contributed by atoms with Crippen molar-refractivity contribution in [1.82, 2.24) is 15.1 Å². The molecule has 0 bridgehead atoms. The highest BCUT2D eigenvalue weighted by molar-refractivity contribution is 5.94. The number of benzene rings is 2. The fourth-order valence-electron chi connectivity index (χ4n) is 3.91. The first-order valence-corrected chi connectivity index (χ1v) is 10.7. The van der Waals surface area contributed by atoms with Crippen LogP contribution in [-0.2, 0) is 16.6 Å². The molecule has 1 aromatic heterocycles. The fourth-order valence-corrected chi connectivity index (χ4v) is 3.91. The van der Waals surface area contributed by atoms with E-state index in [-0.39, 0.29) is 30.3 Å². The molecule has 0 radical (unpaired) electrons. The first kappa shape index (κ1) is 22.8. The summed E-state index contributed by atoms with van der Waals surface area (Å²) >= 11 is 0. The van der Waals surface area contributed by atoms with E-state index in [9.17, 15) is 14.4 Å². The van der Waals surface area contributed by atoms with E-state index in [1.807, 2.05) is 36.4 Å². The van der Waals surface area contributed by atoms with E-state index in [1.54, 1.807) is 7.05 Å². The quantitative estimate of drug-likeness (QED) is 0.464. The summed E-state index contributed by atoms with van der Waals surface area (Å²) in [7, 11) is 1.59. The Morgan fingerprint density at radius 2 is 1.71 bits per heavy atom. The topological polar surface area (TPSA) is 123 Å². The van der Waals surface area contributed by atoms with Gasteiger partial charge < -0.3 is 15.2 Å². The number of carboxylic acids is 1.